The van der Waals surface area contributed by atoms with Crippen LogP contribution < -0.4 is 16.0 Å². The van der Waals surface area contributed by atoms with Gasteiger partial charge in [0.05, 0.1) is 0 Å². The molecule has 12 rings (SSSR count). The van der Waals surface area contributed by atoms with Gasteiger partial charge in [-0.2, -0.15) is 0 Å². The monoisotopic (exact) mass is 835 g/mol. The molecule has 3 heterocycles. The van der Waals surface area contributed by atoms with Crippen LogP contribution in [0, 0.1) is 0 Å². The first-order chi connectivity index (χ1) is 29.1. The Kier molecular flexibility index (Phi) is 7.84. The number of pyridine rings is 2. The maximum absolute atomic E-state index is 5.41. The molecule has 0 aliphatic rings. The summed E-state index contributed by atoms with van der Waals surface area (Å²) in [6, 6.07) is 72.6. The van der Waals surface area contributed by atoms with E-state index in [-0.39, 0.29) is 0 Å². The Morgan fingerprint density at radius 1 is 0.424 bits per heavy atom. The SMILES string of the molecule is [Se]=P(c1ccccc1)(c1ccccc1)c1ccc(-c2ccc3c(c2)c2ccc4ccccc4c2c2nc4ccc(-c5cc6ccccc6c6ccccc56)cc4n32)cn1. The van der Waals surface area contributed by atoms with E-state index in [1.54, 1.807) is 0 Å². The first-order valence-electron chi connectivity index (χ1n) is 19.9. The van der Waals surface area contributed by atoms with Crippen LogP contribution in [-0.2, 0) is 0 Å². The summed E-state index contributed by atoms with van der Waals surface area (Å²) >= 11 is 3.66. The molecule has 276 valence electrons. The van der Waals surface area contributed by atoms with Gasteiger partial charge in [-0.25, -0.2) is 0 Å². The number of imidazole rings is 1. The van der Waals surface area contributed by atoms with Crippen LogP contribution in [0.1, 0.15) is 0 Å². The average Bonchev–Trinajstić information content (AvgIpc) is 3.70. The van der Waals surface area contributed by atoms with Gasteiger partial charge in [0.1, 0.15) is 0 Å². The van der Waals surface area contributed by atoms with Crippen LogP contribution in [0.15, 0.2) is 206 Å². The van der Waals surface area contributed by atoms with Gasteiger partial charge in [0.2, 0.25) is 0 Å². The molecule has 12 aromatic rings. The summed E-state index contributed by atoms with van der Waals surface area (Å²) in [4.78, 5) is 10.6. The zero-order chi connectivity index (χ0) is 39.1. The van der Waals surface area contributed by atoms with Crippen molar-refractivity contribution >= 4 is 107 Å². The molecule has 0 aliphatic carbocycles. The Labute approximate surface area is 348 Å². The van der Waals surface area contributed by atoms with Crippen molar-refractivity contribution in [2.45, 2.75) is 0 Å². The fourth-order valence-corrected chi connectivity index (χ4v) is 14.0. The van der Waals surface area contributed by atoms with Crippen LogP contribution in [0.25, 0.3) is 92.9 Å². The number of aromatic nitrogens is 3. The second kappa shape index (κ2) is 13.4. The Morgan fingerprint density at radius 2 is 1.07 bits per heavy atom. The molecule has 0 fully saturated rings. The van der Waals surface area contributed by atoms with Gasteiger partial charge in [0.15, 0.2) is 0 Å². The van der Waals surface area contributed by atoms with Crippen molar-refractivity contribution in [3.8, 4) is 22.3 Å². The van der Waals surface area contributed by atoms with Gasteiger partial charge in [-0.05, 0) is 44.8 Å². The van der Waals surface area contributed by atoms with Crippen LogP contribution in [0.2, 0.25) is 0 Å². The predicted octanol–water partition coefficient (Wildman–Crippen LogP) is 12.4. The van der Waals surface area contributed by atoms with Gasteiger partial charge in [-0.15, -0.1) is 0 Å². The molecule has 5 heteroatoms. The zero-order valence-corrected chi connectivity index (χ0v) is 34.4. The molecular formula is C54H34N3PSe. The molecule has 3 nitrogen and oxygen atoms in total. The van der Waals surface area contributed by atoms with E-state index in [1.807, 2.05) is 0 Å². The molecule has 9 aromatic carbocycles. The second-order valence-electron chi connectivity index (χ2n) is 15.3. The van der Waals surface area contributed by atoms with Crippen LogP contribution in [-0.4, -0.2) is 29.5 Å². The average molecular weight is 835 g/mol. The van der Waals surface area contributed by atoms with Crippen molar-refractivity contribution in [2.75, 3.05) is 0 Å². The standard InChI is InChI=1S/C54H34N3PSe/c59-58(40-15-3-1-4-16-40,41-17-5-2-6-18-41)52-30-26-39(34-55-52)36-25-29-50-48(31-36)46-27-23-35-13-7-10-20-43(35)53(46)54-56-49-28-24-38(33-51(49)57(50)54)47-32-37-14-8-9-19-42(37)44-21-11-12-22-45(44)47/h1-34H. The van der Waals surface area contributed by atoms with Crippen molar-refractivity contribution in [1.82, 2.24) is 14.4 Å². The molecular weight excluding hydrogens is 801 g/mol. The fourth-order valence-electron chi connectivity index (χ4n) is 9.24. The number of fused-ring (bicyclic) bond motifs is 13. The molecule has 0 spiro atoms. The van der Waals surface area contributed by atoms with E-state index in [4.69, 9.17) is 9.97 Å². The summed E-state index contributed by atoms with van der Waals surface area (Å²) in [7, 11) is 0. The summed E-state index contributed by atoms with van der Waals surface area (Å²) in [5.41, 5.74) is 7.76. The van der Waals surface area contributed by atoms with Crippen LogP contribution in [0.5, 0.6) is 0 Å². The molecule has 0 bridgehead atoms. The summed E-state index contributed by atoms with van der Waals surface area (Å²) in [5.74, 6) is 0. The van der Waals surface area contributed by atoms with Crippen molar-refractivity contribution in [2.24, 2.45) is 0 Å². The number of nitrogens with zero attached hydrogens (tertiary/aromatic N) is 3. The minimum atomic E-state index is -2.08. The molecule has 0 N–H and O–H groups in total. The third-order valence-electron chi connectivity index (χ3n) is 12.1. The first kappa shape index (κ1) is 34.4. The molecule has 59 heavy (non-hydrogen) atoms. The third-order valence-corrected chi connectivity index (χ3v) is 18.8. The van der Waals surface area contributed by atoms with Gasteiger partial charge in [-0.3, -0.25) is 0 Å². The van der Waals surface area contributed by atoms with Crippen molar-refractivity contribution in [3.05, 3.63) is 206 Å². The van der Waals surface area contributed by atoms with Gasteiger partial charge in [-0.1, -0.05) is 72.8 Å². The fraction of sp³-hybridized carbons (Fsp3) is 0. The van der Waals surface area contributed by atoms with E-state index in [9.17, 15) is 0 Å². The predicted molar refractivity (Wildman–Crippen MR) is 253 cm³/mol. The second-order valence-corrected chi connectivity index (χ2v) is 21.4. The summed E-state index contributed by atoms with van der Waals surface area (Å²) < 4.78 is 2.39. The number of hydrogen-bond donors (Lipinski definition) is 0. The summed E-state index contributed by atoms with van der Waals surface area (Å²) in [6.07, 6.45) is 2.05. The Morgan fingerprint density at radius 3 is 1.81 bits per heavy atom. The molecule has 3 aromatic heterocycles. The van der Waals surface area contributed by atoms with Crippen LogP contribution in [0.3, 0.4) is 0 Å². The summed E-state index contributed by atoms with van der Waals surface area (Å²) in [5, 5.41) is 13.5. The van der Waals surface area contributed by atoms with E-state index in [0.29, 0.717) is 0 Å². The Hall–Kier alpha value is -6.67. The van der Waals surface area contributed by atoms with Crippen molar-refractivity contribution in [3.63, 3.8) is 0 Å². The first-order valence-corrected chi connectivity index (χ1v) is 23.9. The van der Waals surface area contributed by atoms with E-state index in [2.05, 4.69) is 226 Å². The topological polar surface area (TPSA) is 30.2 Å². The van der Waals surface area contributed by atoms with Crippen molar-refractivity contribution < 1.29 is 0 Å². The summed E-state index contributed by atoms with van der Waals surface area (Å²) in [6.45, 7) is 0. The van der Waals surface area contributed by atoms with E-state index < -0.39 is 5.51 Å². The molecule has 0 unspecified atom stereocenters. The van der Waals surface area contributed by atoms with Crippen LogP contribution >= 0.6 is 5.51 Å². The molecule has 0 aliphatic heterocycles. The minimum absolute atomic E-state index is 0.972. The van der Waals surface area contributed by atoms with Gasteiger partial charge in [0.25, 0.3) is 0 Å². The quantitative estimate of drug-likeness (QED) is 0.0982. The Bertz CT molecular complexity index is 3650. The number of rotatable bonds is 5. The van der Waals surface area contributed by atoms with Gasteiger partial charge in [0, 0.05) is 0 Å². The van der Waals surface area contributed by atoms with Gasteiger partial charge < -0.3 is 0 Å². The Balaban J connectivity index is 1.08. The molecule has 0 saturated carbocycles. The number of benzene rings is 9. The van der Waals surface area contributed by atoms with E-state index in [0.717, 1.165) is 44.1 Å². The molecule has 0 amide bonds. The number of hydrogen-bond acceptors (Lipinski definition) is 2. The third kappa shape index (κ3) is 5.31. The molecule has 0 radical (unpaired) electrons. The molecule has 0 saturated heterocycles. The van der Waals surface area contributed by atoms with E-state index in [1.165, 1.54) is 64.8 Å². The maximum atomic E-state index is 5.41. The van der Waals surface area contributed by atoms with E-state index >= 15 is 0 Å². The van der Waals surface area contributed by atoms with Gasteiger partial charge >= 0.3 is 233 Å². The van der Waals surface area contributed by atoms with Crippen LogP contribution in [0.4, 0.5) is 0 Å². The van der Waals surface area contributed by atoms with Crippen molar-refractivity contribution in [1.29, 1.82) is 0 Å². The molecule has 0 atom stereocenters. The normalized spacial score (nSPS) is 12.1. The zero-order valence-electron chi connectivity index (χ0n) is 31.8.